The van der Waals surface area contributed by atoms with E-state index < -0.39 is 11.6 Å². The van der Waals surface area contributed by atoms with Crippen LogP contribution in [0.5, 0.6) is 5.75 Å². The number of benzene rings is 2. The normalized spacial score (nSPS) is 9.83. The summed E-state index contributed by atoms with van der Waals surface area (Å²) in [6, 6.07) is 11.2. The SMILES string of the molecule is C#CCOc1[c]cccc1-c1c(F)cccc1F. The number of hydrogen-bond acceptors (Lipinski definition) is 1. The molecule has 2 rings (SSSR count). The molecule has 0 fully saturated rings. The third-order valence-electron chi connectivity index (χ3n) is 2.35. The Hall–Kier alpha value is -2.34. The van der Waals surface area contributed by atoms with Crippen LogP contribution >= 0.6 is 0 Å². The summed E-state index contributed by atoms with van der Waals surface area (Å²) in [6.45, 7) is 0.0174. The highest BCUT2D eigenvalue weighted by molar-refractivity contribution is 5.71. The molecule has 0 aromatic heterocycles. The Morgan fingerprint density at radius 1 is 1.17 bits per heavy atom. The molecule has 0 aliphatic carbocycles. The first-order chi connectivity index (χ1) is 8.74. The Morgan fingerprint density at radius 2 is 1.89 bits per heavy atom. The molecule has 0 N–H and O–H groups in total. The largest absolute Gasteiger partial charge is 0.480 e. The highest BCUT2D eigenvalue weighted by Gasteiger charge is 2.15. The summed E-state index contributed by atoms with van der Waals surface area (Å²) in [4.78, 5) is 0. The molecule has 2 aromatic carbocycles. The van der Waals surface area contributed by atoms with Crippen LogP contribution in [-0.2, 0) is 0 Å². The van der Waals surface area contributed by atoms with Gasteiger partial charge in [-0.25, -0.2) is 8.78 Å². The predicted octanol–water partition coefficient (Wildman–Crippen LogP) is 3.44. The van der Waals surface area contributed by atoms with Crippen molar-refractivity contribution in [3.05, 3.63) is 54.1 Å². The Morgan fingerprint density at radius 3 is 2.56 bits per heavy atom. The lowest BCUT2D eigenvalue weighted by molar-refractivity contribution is 0.370. The maximum absolute atomic E-state index is 13.7. The summed E-state index contributed by atoms with van der Waals surface area (Å²) in [5.41, 5.74) is 0.157. The van der Waals surface area contributed by atoms with Crippen molar-refractivity contribution in [2.24, 2.45) is 0 Å². The Balaban J connectivity index is 2.54. The van der Waals surface area contributed by atoms with Crippen LogP contribution in [-0.4, -0.2) is 6.61 Å². The second-order valence-electron chi connectivity index (χ2n) is 3.50. The maximum atomic E-state index is 13.7. The Kier molecular flexibility index (Phi) is 3.59. The Labute approximate surface area is 104 Å². The van der Waals surface area contributed by atoms with Gasteiger partial charge in [0.2, 0.25) is 0 Å². The zero-order chi connectivity index (χ0) is 13.0. The molecule has 0 unspecified atom stereocenters. The van der Waals surface area contributed by atoms with Crippen molar-refractivity contribution < 1.29 is 13.5 Å². The van der Waals surface area contributed by atoms with E-state index in [9.17, 15) is 8.78 Å². The molecule has 0 heterocycles. The van der Waals surface area contributed by atoms with Crippen molar-refractivity contribution in [1.29, 1.82) is 0 Å². The zero-order valence-electron chi connectivity index (χ0n) is 9.41. The summed E-state index contributed by atoms with van der Waals surface area (Å²) in [5.74, 6) is 1.22. The van der Waals surface area contributed by atoms with Gasteiger partial charge in [0.1, 0.15) is 24.0 Å². The predicted molar refractivity (Wildman–Crippen MR) is 65.0 cm³/mol. The van der Waals surface area contributed by atoms with E-state index in [1.54, 1.807) is 18.2 Å². The van der Waals surface area contributed by atoms with Crippen molar-refractivity contribution >= 4 is 0 Å². The van der Waals surface area contributed by atoms with Gasteiger partial charge < -0.3 is 4.74 Å². The minimum absolute atomic E-state index is 0.0174. The summed E-state index contributed by atoms with van der Waals surface area (Å²) >= 11 is 0. The van der Waals surface area contributed by atoms with Gasteiger partial charge in [0.15, 0.2) is 0 Å². The molecule has 0 atom stereocenters. The van der Waals surface area contributed by atoms with Crippen molar-refractivity contribution in [2.75, 3.05) is 6.61 Å². The maximum Gasteiger partial charge on any atom is 0.148 e. The number of halogens is 2. The molecule has 2 aromatic rings. The first-order valence-corrected chi connectivity index (χ1v) is 5.25. The summed E-state index contributed by atoms with van der Waals surface area (Å²) in [7, 11) is 0. The van der Waals surface area contributed by atoms with Gasteiger partial charge in [-0.2, -0.15) is 0 Å². The van der Waals surface area contributed by atoms with Gasteiger partial charge in [-0.3, -0.25) is 0 Å². The first-order valence-electron chi connectivity index (χ1n) is 5.25. The van der Waals surface area contributed by atoms with Gasteiger partial charge in [-0.15, -0.1) is 6.42 Å². The van der Waals surface area contributed by atoms with Gasteiger partial charge >= 0.3 is 0 Å². The van der Waals surface area contributed by atoms with E-state index in [-0.39, 0.29) is 17.9 Å². The second-order valence-corrected chi connectivity index (χ2v) is 3.50. The molecule has 89 valence electrons. The molecule has 0 saturated heterocycles. The van der Waals surface area contributed by atoms with Crippen molar-refractivity contribution in [3.63, 3.8) is 0 Å². The third kappa shape index (κ3) is 2.33. The van der Waals surface area contributed by atoms with Gasteiger partial charge in [-0.05, 0) is 12.1 Å². The minimum atomic E-state index is -0.653. The van der Waals surface area contributed by atoms with Crippen LogP contribution in [0.4, 0.5) is 8.78 Å². The van der Waals surface area contributed by atoms with Crippen LogP contribution in [0, 0.1) is 30.0 Å². The lowest BCUT2D eigenvalue weighted by atomic mass is 10.0. The minimum Gasteiger partial charge on any atom is -0.480 e. The first kappa shape index (κ1) is 12.1. The second kappa shape index (κ2) is 5.33. The molecule has 0 aliphatic rings. The van der Waals surface area contributed by atoms with Crippen LogP contribution in [0.15, 0.2) is 36.4 Å². The molecule has 1 nitrogen and oxygen atoms in total. The molecular weight excluding hydrogens is 234 g/mol. The molecule has 1 radical (unpaired) electrons. The number of hydrogen-bond donors (Lipinski definition) is 0. The fourth-order valence-corrected chi connectivity index (χ4v) is 1.61. The smallest absolute Gasteiger partial charge is 0.148 e. The highest BCUT2D eigenvalue weighted by Crippen LogP contribution is 2.33. The molecule has 0 amide bonds. The monoisotopic (exact) mass is 243 g/mol. The van der Waals surface area contributed by atoms with Gasteiger partial charge in [-0.1, -0.05) is 30.2 Å². The molecule has 18 heavy (non-hydrogen) atoms. The van der Waals surface area contributed by atoms with Crippen molar-refractivity contribution in [1.82, 2.24) is 0 Å². The third-order valence-corrected chi connectivity index (χ3v) is 2.35. The quantitative estimate of drug-likeness (QED) is 0.750. The van der Waals surface area contributed by atoms with Crippen molar-refractivity contribution in [3.8, 4) is 29.2 Å². The van der Waals surface area contributed by atoms with Crippen LogP contribution in [0.25, 0.3) is 11.1 Å². The molecule has 0 spiro atoms. The van der Waals surface area contributed by atoms with E-state index >= 15 is 0 Å². The lowest BCUT2D eigenvalue weighted by Gasteiger charge is -2.10. The van der Waals surface area contributed by atoms with E-state index in [0.717, 1.165) is 0 Å². The van der Waals surface area contributed by atoms with Crippen LogP contribution < -0.4 is 4.74 Å². The van der Waals surface area contributed by atoms with E-state index in [2.05, 4.69) is 12.0 Å². The number of terminal acetylenes is 1. The number of rotatable bonds is 3. The summed E-state index contributed by atoms with van der Waals surface area (Å²) in [5, 5.41) is 0. The fourth-order valence-electron chi connectivity index (χ4n) is 1.61. The molecule has 0 aliphatic heterocycles. The molecule has 0 saturated carbocycles. The van der Waals surface area contributed by atoms with Gasteiger partial charge in [0, 0.05) is 11.6 Å². The van der Waals surface area contributed by atoms with E-state index in [1.807, 2.05) is 0 Å². The highest BCUT2D eigenvalue weighted by atomic mass is 19.1. The zero-order valence-corrected chi connectivity index (χ0v) is 9.41. The average Bonchev–Trinajstić information content (AvgIpc) is 2.37. The standard InChI is InChI=1S/C15H9F2O/c1-2-10-18-14-9-4-3-6-11(14)15-12(16)7-5-8-13(15)17/h1,3-8H,10H2. The average molecular weight is 243 g/mol. The molecule has 3 heteroatoms. The van der Waals surface area contributed by atoms with Gasteiger partial charge in [0.25, 0.3) is 0 Å². The van der Waals surface area contributed by atoms with Gasteiger partial charge in [0.05, 0.1) is 5.56 Å². The molecule has 0 bridgehead atoms. The van der Waals surface area contributed by atoms with E-state index in [1.165, 1.54) is 18.2 Å². The van der Waals surface area contributed by atoms with Crippen LogP contribution in [0.2, 0.25) is 0 Å². The van der Waals surface area contributed by atoms with Crippen LogP contribution in [0.3, 0.4) is 0 Å². The van der Waals surface area contributed by atoms with Crippen molar-refractivity contribution in [2.45, 2.75) is 0 Å². The Bertz CT molecular complexity index is 579. The molecular formula is C15H9F2O. The summed E-state index contributed by atoms with van der Waals surface area (Å²) < 4.78 is 32.6. The number of para-hydroxylation sites is 1. The topological polar surface area (TPSA) is 9.23 Å². The van der Waals surface area contributed by atoms with E-state index in [0.29, 0.717) is 5.56 Å². The number of ether oxygens (including phenoxy) is 1. The lowest BCUT2D eigenvalue weighted by Crippen LogP contribution is -1.98. The van der Waals surface area contributed by atoms with E-state index in [4.69, 9.17) is 11.2 Å². The van der Waals surface area contributed by atoms with Crippen LogP contribution in [0.1, 0.15) is 0 Å². The summed E-state index contributed by atoms with van der Waals surface area (Å²) in [6.07, 6.45) is 5.09. The fraction of sp³-hybridized carbons (Fsp3) is 0.0667.